The first kappa shape index (κ1) is 10.6. The Morgan fingerprint density at radius 3 is 2.08 bits per heavy atom. The van der Waals surface area contributed by atoms with Gasteiger partial charge in [-0.2, -0.15) is 0 Å². The standard InChI is InChI=1S/C9H15P3/c1-6-3-4-7(2)8(5-6)9(10,11)12/h3-5H,10-12H2,1-2H3. The Kier molecular flexibility index (Phi) is 3.27. The predicted molar refractivity (Wildman–Crippen MR) is 66.7 cm³/mol. The van der Waals surface area contributed by atoms with Gasteiger partial charge in [0.25, 0.3) is 0 Å². The molecule has 0 spiro atoms. The number of benzene rings is 1. The zero-order valence-electron chi connectivity index (χ0n) is 7.46. The van der Waals surface area contributed by atoms with Crippen molar-refractivity contribution < 1.29 is 0 Å². The molecule has 3 unspecified atom stereocenters. The lowest BCUT2D eigenvalue weighted by molar-refractivity contribution is 1.21. The van der Waals surface area contributed by atoms with E-state index in [1.165, 1.54) is 16.7 Å². The zero-order valence-corrected chi connectivity index (χ0v) is 10.9. The van der Waals surface area contributed by atoms with E-state index in [1.54, 1.807) is 0 Å². The molecule has 3 heteroatoms. The summed E-state index contributed by atoms with van der Waals surface area (Å²) < 4.78 is 0.0239. The van der Waals surface area contributed by atoms with Crippen molar-refractivity contribution in [1.29, 1.82) is 0 Å². The van der Waals surface area contributed by atoms with E-state index in [9.17, 15) is 0 Å². The molecule has 0 saturated heterocycles. The molecule has 66 valence electrons. The van der Waals surface area contributed by atoms with Crippen molar-refractivity contribution in [2.75, 3.05) is 0 Å². The second-order valence-corrected chi connectivity index (χ2v) is 8.12. The minimum Gasteiger partial charge on any atom is -0.118 e. The lowest BCUT2D eigenvalue weighted by Gasteiger charge is -2.21. The largest absolute Gasteiger partial charge is 0.118 e. The average molecular weight is 216 g/mol. The Morgan fingerprint density at radius 2 is 1.67 bits per heavy atom. The Labute approximate surface area is 81.5 Å². The van der Waals surface area contributed by atoms with Crippen molar-refractivity contribution in [2.45, 2.75) is 18.5 Å². The highest BCUT2D eigenvalue weighted by molar-refractivity contribution is 7.56. The van der Waals surface area contributed by atoms with Gasteiger partial charge in [0.15, 0.2) is 0 Å². The first-order valence-corrected chi connectivity index (χ1v) is 5.59. The van der Waals surface area contributed by atoms with Crippen LogP contribution >= 0.6 is 27.7 Å². The fourth-order valence-corrected chi connectivity index (χ4v) is 2.14. The van der Waals surface area contributed by atoms with Gasteiger partial charge in [0, 0.05) is 4.64 Å². The minimum absolute atomic E-state index is 0.0239. The fourth-order valence-electron chi connectivity index (χ4n) is 1.20. The minimum atomic E-state index is 0.0239. The van der Waals surface area contributed by atoms with Crippen LogP contribution in [-0.2, 0) is 4.64 Å². The molecule has 0 aliphatic heterocycles. The Balaban J connectivity index is 3.23. The second-order valence-electron chi connectivity index (χ2n) is 3.25. The number of aryl methyl sites for hydroxylation is 2. The summed E-state index contributed by atoms with van der Waals surface area (Å²) >= 11 is 0. The van der Waals surface area contributed by atoms with Crippen LogP contribution in [0.2, 0.25) is 0 Å². The van der Waals surface area contributed by atoms with Gasteiger partial charge in [-0.1, -0.05) is 23.8 Å². The Morgan fingerprint density at radius 1 is 1.08 bits per heavy atom. The van der Waals surface area contributed by atoms with Crippen LogP contribution in [0.25, 0.3) is 0 Å². The smallest absolute Gasteiger partial charge is 0.0377 e. The summed E-state index contributed by atoms with van der Waals surface area (Å²) in [5, 5.41) is 0. The van der Waals surface area contributed by atoms with Crippen molar-refractivity contribution in [3.8, 4) is 0 Å². The van der Waals surface area contributed by atoms with Gasteiger partial charge in [-0.05, 0) is 25.0 Å². The highest BCUT2D eigenvalue weighted by Gasteiger charge is 2.16. The molecule has 1 rings (SSSR count). The maximum absolute atomic E-state index is 2.81. The normalized spacial score (nSPS) is 11.8. The van der Waals surface area contributed by atoms with Crippen molar-refractivity contribution in [3.05, 3.63) is 34.9 Å². The highest BCUT2D eigenvalue weighted by atomic mass is 31.1. The van der Waals surface area contributed by atoms with Gasteiger partial charge in [0.2, 0.25) is 0 Å². The third kappa shape index (κ3) is 2.50. The third-order valence-corrected chi connectivity index (χ3v) is 2.79. The summed E-state index contributed by atoms with van der Waals surface area (Å²) in [7, 11) is 8.44. The van der Waals surface area contributed by atoms with E-state index < -0.39 is 0 Å². The summed E-state index contributed by atoms with van der Waals surface area (Å²) in [6.45, 7) is 4.26. The first-order valence-electron chi connectivity index (χ1n) is 3.85. The zero-order chi connectivity index (χ0) is 9.35. The monoisotopic (exact) mass is 216 g/mol. The topological polar surface area (TPSA) is 0 Å². The Hall–Kier alpha value is 0.510. The predicted octanol–water partition coefficient (Wildman–Crippen LogP) is 3.04. The molecule has 0 amide bonds. The third-order valence-electron chi connectivity index (χ3n) is 1.86. The van der Waals surface area contributed by atoms with Gasteiger partial charge in [-0.3, -0.25) is 0 Å². The average Bonchev–Trinajstić information content (AvgIpc) is 1.92. The van der Waals surface area contributed by atoms with Gasteiger partial charge in [0.05, 0.1) is 0 Å². The SMILES string of the molecule is Cc1ccc(C)c(C(P)(P)P)c1. The molecule has 0 heterocycles. The Bertz CT molecular complexity index is 286. The molecule has 1 aromatic carbocycles. The molecule has 0 aliphatic carbocycles. The van der Waals surface area contributed by atoms with Crippen molar-refractivity contribution >= 4 is 27.7 Å². The molecule has 0 nitrogen and oxygen atoms in total. The van der Waals surface area contributed by atoms with Crippen LogP contribution in [0, 0.1) is 13.8 Å². The molecule has 12 heavy (non-hydrogen) atoms. The maximum atomic E-state index is 2.81. The molecule has 0 N–H and O–H groups in total. The summed E-state index contributed by atoms with van der Waals surface area (Å²) in [4.78, 5) is 0. The number of hydrogen-bond acceptors (Lipinski definition) is 0. The van der Waals surface area contributed by atoms with Crippen LogP contribution in [0.3, 0.4) is 0 Å². The van der Waals surface area contributed by atoms with E-state index >= 15 is 0 Å². The van der Waals surface area contributed by atoms with E-state index in [1.807, 2.05) is 0 Å². The van der Waals surface area contributed by atoms with Crippen molar-refractivity contribution in [1.82, 2.24) is 0 Å². The maximum Gasteiger partial charge on any atom is 0.0377 e. The van der Waals surface area contributed by atoms with E-state index in [2.05, 4.69) is 59.8 Å². The van der Waals surface area contributed by atoms with Crippen LogP contribution in [0.4, 0.5) is 0 Å². The summed E-state index contributed by atoms with van der Waals surface area (Å²) in [6.07, 6.45) is 0. The van der Waals surface area contributed by atoms with Gasteiger partial charge < -0.3 is 0 Å². The molecular weight excluding hydrogens is 201 g/mol. The van der Waals surface area contributed by atoms with E-state index in [-0.39, 0.29) is 4.64 Å². The van der Waals surface area contributed by atoms with Gasteiger partial charge in [0.1, 0.15) is 0 Å². The molecule has 0 saturated carbocycles. The number of hydrogen-bond donors (Lipinski definition) is 0. The molecular formula is C9H15P3. The summed E-state index contributed by atoms with van der Waals surface area (Å²) in [6, 6.07) is 6.53. The van der Waals surface area contributed by atoms with Gasteiger partial charge in [-0.15, -0.1) is 27.7 Å². The van der Waals surface area contributed by atoms with Gasteiger partial charge >= 0.3 is 0 Å². The van der Waals surface area contributed by atoms with E-state index in [0.29, 0.717) is 0 Å². The number of rotatable bonds is 1. The van der Waals surface area contributed by atoms with Crippen LogP contribution in [0.15, 0.2) is 18.2 Å². The molecule has 0 fully saturated rings. The molecule has 1 aromatic rings. The second kappa shape index (κ2) is 3.71. The quantitative estimate of drug-likeness (QED) is 0.633. The molecule has 0 aliphatic rings. The fraction of sp³-hybridized carbons (Fsp3) is 0.333. The van der Waals surface area contributed by atoms with E-state index in [0.717, 1.165) is 0 Å². The molecule has 0 aromatic heterocycles. The molecule has 0 radical (unpaired) electrons. The van der Waals surface area contributed by atoms with E-state index in [4.69, 9.17) is 0 Å². The summed E-state index contributed by atoms with van der Waals surface area (Å²) in [5.41, 5.74) is 4.00. The molecule has 3 atom stereocenters. The summed E-state index contributed by atoms with van der Waals surface area (Å²) in [5.74, 6) is 0. The first-order chi connectivity index (χ1) is 5.41. The highest BCUT2D eigenvalue weighted by Crippen LogP contribution is 2.46. The van der Waals surface area contributed by atoms with Crippen LogP contribution in [0.5, 0.6) is 0 Å². The van der Waals surface area contributed by atoms with Gasteiger partial charge in [-0.25, -0.2) is 0 Å². The van der Waals surface area contributed by atoms with Crippen LogP contribution < -0.4 is 0 Å². The van der Waals surface area contributed by atoms with Crippen molar-refractivity contribution in [3.63, 3.8) is 0 Å². The lowest BCUT2D eigenvalue weighted by Crippen LogP contribution is -2.00. The van der Waals surface area contributed by atoms with Crippen LogP contribution in [-0.4, -0.2) is 0 Å². The van der Waals surface area contributed by atoms with Crippen LogP contribution in [0.1, 0.15) is 16.7 Å². The van der Waals surface area contributed by atoms with Crippen molar-refractivity contribution in [2.24, 2.45) is 0 Å². The lowest BCUT2D eigenvalue weighted by atomic mass is 10.1. The molecule has 0 bridgehead atoms.